The van der Waals surface area contributed by atoms with E-state index in [1.807, 2.05) is 60.6 Å². The second kappa shape index (κ2) is 8.42. The Balaban J connectivity index is 1.62. The maximum absolute atomic E-state index is 6.55. The smallest absolute Gasteiger partial charge is 0.214 e. The highest BCUT2D eigenvalue weighted by atomic mass is 16.5. The van der Waals surface area contributed by atoms with Gasteiger partial charge in [0.15, 0.2) is 23.0 Å². The maximum atomic E-state index is 6.55. The van der Waals surface area contributed by atoms with Crippen LogP contribution in [0.25, 0.3) is 0 Å². The van der Waals surface area contributed by atoms with Gasteiger partial charge in [0.05, 0.1) is 32.6 Å². The lowest BCUT2D eigenvalue weighted by Crippen LogP contribution is -2.34. The number of rotatable bonds is 6. The number of hydrogen-bond acceptors (Lipinski definition) is 7. The van der Waals surface area contributed by atoms with Gasteiger partial charge in [-0.05, 0) is 37.3 Å². The molecular weight excluding hydrogens is 406 g/mol. The molecule has 2 aliphatic heterocycles. The summed E-state index contributed by atoms with van der Waals surface area (Å²) < 4.78 is 23.4. The molecule has 1 aromatic heterocycles. The topological polar surface area (TPSA) is 65.4 Å². The number of para-hydroxylation sites is 1. The van der Waals surface area contributed by atoms with Crippen LogP contribution in [-0.2, 0) is 0 Å². The standard InChI is InChI=1S/C25H25N3O4/c1-4-31-22-9-5-8-18-20-14-19(17-7-6-12-26-15-17)27-28(20)25(32-24(18)22)16-10-11-21(29-2)23(13-16)30-3/h5-13,15,20,25H,4,14H2,1-3H3/t20-,25+/m0/s1. The van der Waals surface area contributed by atoms with Gasteiger partial charge < -0.3 is 18.9 Å². The Morgan fingerprint density at radius 2 is 1.91 bits per heavy atom. The first-order valence-electron chi connectivity index (χ1n) is 10.6. The first-order chi connectivity index (χ1) is 15.7. The molecule has 0 bridgehead atoms. The molecule has 164 valence electrons. The van der Waals surface area contributed by atoms with E-state index in [1.165, 1.54) is 0 Å². The van der Waals surface area contributed by atoms with Gasteiger partial charge in [-0.2, -0.15) is 5.10 Å². The molecular formula is C25H25N3O4. The third-order valence-electron chi connectivity index (χ3n) is 5.77. The second-order valence-corrected chi connectivity index (χ2v) is 7.58. The monoisotopic (exact) mass is 431 g/mol. The quantitative estimate of drug-likeness (QED) is 0.562. The lowest BCUT2D eigenvalue weighted by molar-refractivity contribution is -0.0213. The van der Waals surface area contributed by atoms with Crippen molar-refractivity contribution in [2.24, 2.45) is 5.10 Å². The van der Waals surface area contributed by atoms with E-state index in [1.54, 1.807) is 20.4 Å². The maximum Gasteiger partial charge on any atom is 0.214 e. The third-order valence-corrected chi connectivity index (χ3v) is 5.77. The molecule has 0 amide bonds. The Hall–Kier alpha value is -3.74. The van der Waals surface area contributed by atoms with Crippen LogP contribution in [0.15, 0.2) is 66.0 Å². The molecule has 0 saturated heterocycles. The van der Waals surface area contributed by atoms with Crippen LogP contribution in [0.5, 0.6) is 23.0 Å². The van der Waals surface area contributed by atoms with E-state index in [0.29, 0.717) is 18.1 Å². The van der Waals surface area contributed by atoms with Gasteiger partial charge in [0.25, 0.3) is 0 Å². The molecule has 32 heavy (non-hydrogen) atoms. The SMILES string of the molecule is CCOc1cccc2c1O[C@H](c1ccc(OC)c(OC)c1)N1N=C(c3cccnc3)C[C@@H]21. The van der Waals surface area contributed by atoms with Gasteiger partial charge in [-0.25, -0.2) is 5.01 Å². The van der Waals surface area contributed by atoms with Crippen molar-refractivity contribution in [3.63, 3.8) is 0 Å². The Morgan fingerprint density at radius 1 is 1.03 bits per heavy atom. The molecule has 0 radical (unpaired) electrons. The lowest BCUT2D eigenvalue weighted by Gasteiger charge is -2.38. The van der Waals surface area contributed by atoms with Crippen LogP contribution in [0.2, 0.25) is 0 Å². The number of hydrazone groups is 1. The molecule has 0 fully saturated rings. The van der Waals surface area contributed by atoms with Crippen molar-refractivity contribution in [3.05, 3.63) is 77.6 Å². The van der Waals surface area contributed by atoms with E-state index in [2.05, 4.69) is 11.1 Å². The van der Waals surface area contributed by atoms with Crippen molar-refractivity contribution in [2.75, 3.05) is 20.8 Å². The number of ether oxygens (including phenoxy) is 4. The van der Waals surface area contributed by atoms with Crippen LogP contribution < -0.4 is 18.9 Å². The van der Waals surface area contributed by atoms with Gasteiger partial charge >= 0.3 is 0 Å². The number of methoxy groups -OCH3 is 2. The summed E-state index contributed by atoms with van der Waals surface area (Å²) in [5.41, 5.74) is 3.97. The van der Waals surface area contributed by atoms with Crippen molar-refractivity contribution in [1.82, 2.24) is 9.99 Å². The number of aromatic nitrogens is 1. The molecule has 0 unspecified atom stereocenters. The van der Waals surface area contributed by atoms with Crippen molar-refractivity contribution >= 4 is 5.71 Å². The van der Waals surface area contributed by atoms with E-state index in [-0.39, 0.29) is 6.04 Å². The summed E-state index contributed by atoms with van der Waals surface area (Å²) in [7, 11) is 3.25. The highest BCUT2D eigenvalue weighted by Gasteiger charge is 2.42. The molecule has 7 nitrogen and oxygen atoms in total. The molecule has 5 rings (SSSR count). The molecule has 2 atom stereocenters. The normalized spacial score (nSPS) is 18.8. The van der Waals surface area contributed by atoms with E-state index < -0.39 is 6.23 Å². The minimum atomic E-state index is -0.442. The number of pyridine rings is 1. The van der Waals surface area contributed by atoms with Crippen LogP contribution in [0.1, 0.15) is 42.3 Å². The van der Waals surface area contributed by atoms with E-state index in [0.717, 1.165) is 40.3 Å². The summed E-state index contributed by atoms with van der Waals surface area (Å²) >= 11 is 0. The van der Waals surface area contributed by atoms with Crippen molar-refractivity contribution in [2.45, 2.75) is 25.6 Å². The van der Waals surface area contributed by atoms with E-state index >= 15 is 0 Å². The molecule has 3 heterocycles. The first-order valence-corrected chi connectivity index (χ1v) is 10.6. The molecule has 7 heteroatoms. The fourth-order valence-electron chi connectivity index (χ4n) is 4.29. The fourth-order valence-corrected chi connectivity index (χ4v) is 4.29. The van der Waals surface area contributed by atoms with Crippen molar-refractivity contribution < 1.29 is 18.9 Å². The average molecular weight is 431 g/mol. The number of fused-ring (bicyclic) bond motifs is 3. The Kier molecular flexibility index (Phi) is 5.31. The molecule has 0 spiro atoms. The van der Waals surface area contributed by atoms with Crippen LogP contribution in [-0.4, -0.2) is 36.5 Å². The van der Waals surface area contributed by atoms with Gasteiger partial charge in [0.1, 0.15) is 0 Å². The zero-order valence-electron chi connectivity index (χ0n) is 18.3. The Morgan fingerprint density at radius 3 is 2.66 bits per heavy atom. The Labute approximate surface area is 187 Å². The molecule has 2 aliphatic rings. The molecule has 0 N–H and O–H groups in total. The summed E-state index contributed by atoms with van der Waals surface area (Å²) in [6.07, 6.45) is 3.93. The van der Waals surface area contributed by atoms with Gasteiger partial charge in [-0.3, -0.25) is 4.98 Å². The van der Waals surface area contributed by atoms with Crippen LogP contribution in [0.3, 0.4) is 0 Å². The van der Waals surface area contributed by atoms with Crippen molar-refractivity contribution in [3.8, 4) is 23.0 Å². The molecule has 0 aliphatic carbocycles. The second-order valence-electron chi connectivity index (χ2n) is 7.58. The van der Waals surface area contributed by atoms with Crippen LogP contribution in [0, 0.1) is 0 Å². The fraction of sp³-hybridized carbons (Fsp3) is 0.280. The molecule has 0 saturated carbocycles. The van der Waals surface area contributed by atoms with Gasteiger partial charge in [-0.15, -0.1) is 0 Å². The number of nitrogens with zero attached hydrogens (tertiary/aromatic N) is 3. The van der Waals surface area contributed by atoms with E-state index in [4.69, 9.17) is 24.0 Å². The number of hydrogen-bond donors (Lipinski definition) is 0. The minimum Gasteiger partial charge on any atom is -0.493 e. The predicted molar refractivity (Wildman–Crippen MR) is 120 cm³/mol. The van der Waals surface area contributed by atoms with Gasteiger partial charge in [0.2, 0.25) is 6.23 Å². The van der Waals surface area contributed by atoms with Gasteiger partial charge in [0, 0.05) is 35.5 Å². The highest BCUT2D eigenvalue weighted by molar-refractivity contribution is 6.01. The molecule has 2 aromatic carbocycles. The summed E-state index contributed by atoms with van der Waals surface area (Å²) in [5.74, 6) is 2.81. The lowest BCUT2D eigenvalue weighted by atomic mass is 9.96. The average Bonchev–Trinajstić information content (AvgIpc) is 3.30. The van der Waals surface area contributed by atoms with E-state index in [9.17, 15) is 0 Å². The Bertz CT molecular complexity index is 1150. The van der Waals surface area contributed by atoms with Crippen molar-refractivity contribution in [1.29, 1.82) is 0 Å². The summed E-state index contributed by atoms with van der Waals surface area (Å²) in [6.45, 7) is 2.53. The van der Waals surface area contributed by atoms with Crippen LogP contribution >= 0.6 is 0 Å². The van der Waals surface area contributed by atoms with Gasteiger partial charge in [-0.1, -0.05) is 18.2 Å². The zero-order chi connectivity index (χ0) is 22.1. The summed E-state index contributed by atoms with van der Waals surface area (Å²) in [4.78, 5) is 4.27. The zero-order valence-corrected chi connectivity index (χ0v) is 18.3. The minimum absolute atomic E-state index is 0.0208. The molecule has 3 aromatic rings. The summed E-state index contributed by atoms with van der Waals surface area (Å²) in [6, 6.07) is 15.8. The largest absolute Gasteiger partial charge is 0.493 e. The highest BCUT2D eigenvalue weighted by Crippen LogP contribution is 2.51. The van der Waals surface area contributed by atoms with Crippen LogP contribution in [0.4, 0.5) is 0 Å². The predicted octanol–water partition coefficient (Wildman–Crippen LogP) is 4.74. The summed E-state index contributed by atoms with van der Waals surface area (Å²) in [5, 5.41) is 7.01. The number of benzene rings is 2. The third kappa shape index (κ3) is 3.39. The first kappa shape index (κ1) is 20.2.